The molecule has 156 valence electrons. The predicted octanol–water partition coefficient (Wildman–Crippen LogP) is 4.14. The van der Waals surface area contributed by atoms with Gasteiger partial charge in [-0.3, -0.25) is 14.7 Å². The number of pyridine rings is 1. The lowest BCUT2D eigenvalue weighted by Gasteiger charge is -2.38. The molecular formula is C24H26N2O4. The van der Waals surface area contributed by atoms with Crippen LogP contribution in [-0.4, -0.2) is 48.3 Å². The van der Waals surface area contributed by atoms with Gasteiger partial charge in [-0.25, -0.2) is 0 Å². The molecule has 1 aromatic heterocycles. The third-order valence-corrected chi connectivity index (χ3v) is 5.87. The maximum atomic E-state index is 11.8. The fraction of sp³-hybridized carbons (Fsp3) is 0.333. The maximum absolute atomic E-state index is 11.8. The highest BCUT2D eigenvalue weighted by Gasteiger charge is 2.34. The number of para-hydroxylation sites is 2. The van der Waals surface area contributed by atoms with Crippen LogP contribution in [0.4, 0.5) is 0 Å². The van der Waals surface area contributed by atoms with Crippen molar-refractivity contribution in [3.8, 4) is 11.5 Å². The van der Waals surface area contributed by atoms with E-state index >= 15 is 0 Å². The minimum Gasteiger partial charge on any atom is -0.493 e. The summed E-state index contributed by atoms with van der Waals surface area (Å²) >= 11 is 0. The smallest absolute Gasteiger partial charge is 0.307 e. The summed E-state index contributed by atoms with van der Waals surface area (Å²) < 4.78 is 11.3. The third-order valence-electron chi connectivity index (χ3n) is 5.87. The molecule has 0 bridgehead atoms. The molecule has 1 aliphatic heterocycles. The van der Waals surface area contributed by atoms with E-state index in [0.29, 0.717) is 24.5 Å². The van der Waals surface area contributed by atoms with E-state index < -0.39 is 5.97 Å². The van der Waals surface area contributed by atoms with Crippen molar-refractivity contribution in [3.63, 3.8) is 0 Å². The first kappa shape index (κ1) is 20.2. The van der Waals surface area contributed by atoms with Crippen LogP contribution in [0.3, 0.4) is 0 Å². The van der Waals surface area contributed by atoms with Gasteiger partial charge in [-0.15, -0.1) is 0 Å². The number of benzene rings is 2. The number of aliphatic carboxylic acids is 1. The molecule has 6 heteroatoms. The minimum absolute atomic E-state index is 0.176. The number of methoxy groups -OCH3 is 2. The zero-order chi connectivity index (χ0) is 21.1. The predicted molar refractivity (Wildman–Crippen MR) is 115 cm³/mol. The van der Waals surface area contributed by atoms with Gasteiger partial charge in [0.25, 0.3) is 0 Å². The Kier molecular flexibility index (Phi) is 5.86. The molecule has 0 saturated carbocycles. The summed E-state index contributed by atoms with van der Waals surface area (Å²) in [4.78, 5) is 18.5. The van der Waals surface area contributed by atoms with Crippen molar-refractivity contribution in [2.45, 2.75) is 18.9 Å². The van der Waals surface area contributed by atoms with Gasteiger partial charge in [0.15, 0.2) is 11.5 Å². The number of likely N-dealkylation sites (tertiary alicyclic amines) is 1. The van der Waals surface area contributed by atoms with Gasteiger partial charge in [-0.2, -0.15) is 0 Å². The molecule has 2 heterocycles. The van der Waals surface area contributed by atoms with E-state index in [1.54, 1.807) is 14.2 Å². The van der Waals surface area contributed by atoms with Crippen LogP contribution in [0.25, 0.3) is 10.9 Å². The molecule has 30 heavy (non-hydrogen) atoms. The Morgan fingerprint density at radius 3 is 2.70 bits per heavy atom. The van der Waals surface area contributed by atoms with Crippen molar-refractivity contribution in [2.75, 3.05) is 27.3 Å². The number of rotatable bonds is 6. The summed E-state index contributed by atoms with van der Waals surface area (Å²) in [5.74, 6) is 0.204. The van der Waals surface area contributed by atoms with Gasteiger partial charge in [-0.05, 0) is 43.1 Å². The lowest BCUT2D eigenvalue weighted by atomic mass is 9.89. The Morgan fingerprint density at radius 1 is 1.10 bits per heavy atom. The standard InChI is InChI=1S/C24H26N2O4/c1-29-21-11-5-9-19(23(21)30-2)22(26-14-6-7-16(15-26)24(27)28)18-12-13-25-20-10-4-3-8-17(18)20/h3-5,8-13,16,22H,6-7,14-15H2,1-2H3,(H,27,28). The lowest BCUT2D eigenvalue weighted by molar-refractivity contribution is -0.143. The number of carbonyl (C=O) groups is 1. The van der Waals surface area contributed by atoms with Crippen molar-refractivity contribution in [1.82, 2.24) is 9.88 Å². The Morgan fingerprint density at radius 2 is 1.93 bits per heavy atom. The number of fused-ring (bicyclic) bond motifs is 1. The molecule has 1 saturated heterocycles. The number of ether oxygens (including phenoxy) is 2. The Balaban J connectivity index is 1.91. The number of piperidine rings is 1. The van der Waals surface area contributed by atoms with Crippen molar-refractivity contribution in [2.24, 2.45) is 5.92 Å². The number of hydrogen-bond donors (Lipinski definition) is 1. The lowest BCUT2D eigenvalue weighted by Crippen LogP contribution is -2.41. The third kappa shape index (κ3) is 3.71. The summed E-state index contributed by atoms with van der Waals surface area (Å²) in [6.07, 6.45) is 3.35. The van der Waals surface area contributed by atoms with E-state index in [1.807, 2.05) is 48.7 Å². The fourth-order valence-electron chi connectivity index (χ4n) is 4.49. The van der Waals surface area contributed by atoms with Crippen molar-refractivity contribution in [3.05, 3.63) is 65.9 Å². The van der Waals surface area contributed by atoms with E-state index in [0.717, 1.165) is 35.0 Å². The molecule has 0 aliphatic carbocycles. The average Bonchev–Trinajstić information content (AvgIpc) is 2.79. The van der Waals surface area contributed by atoms with Crippen LogP contribution in [0, 0.1) is 5.92 Å². The van der Waals surface area contributed by atoms with Gasteiger partial charge >= 0.3 is 5.97 Å². The first-order chi connectivity index (χ1) is 14.6. The molecule has 3 aromatic rings. The van der Waals surface area contributed by atoms with Crippen LogP contribution in [0.2, 0.25) is 0 Å². The SMILES string of the molecule is COc1cccc(C(c2ccnc3ccccc23)N2CCCC(C(=O)O)C2)c1OC. The highest BCUT2D eigenvalue weighted by atomic mass is 16.5. The fourth-order valence-corrected chi connectivity index (χ4v) is 4.49. The van der Waals surface area contributed by atoms with Crippen LogP contribution >= 0.6 is 0 Å². The molecule has 1 aliphatic rings. The van der Waals surface area contributed by atoms with E-state index in [4.69, 9.17) is 9.47 Å². The van der Waals surface area contributed by atoms with Gasteiger partial charge in [0.2, 0.25) is 0 Å². The van der Waals surface area contributed by atoms with E-state index in [-0.39, 0.29) is 12.0 Å². The van der Waals surface area contributed by atoms with E-state index in [2.05, 4.69) is 16.0 Å². The molecule has 1 N–H and O–H groups in total. The topological polar surface area (TPSA) is 71.9 Å². The van der Waals surface area contributed by atoms with E-state index in [1.165, 1.54) is 0 Å². The van der Waals surface area contributed by atoms with Crippen molar-refractivity contribution in [1.29, 1.82) is 0 Å². The second-order valence-corrected chi connectivity index (χ2v) is 7.57. The van der Waals surface area contributed by atoms with Crippen LogP contribution in [0.5, 0.6) is 11.5 Å². The number of carboxylic acid groups (broad SMARTS) is 1. The summed E-state index contributed by atoms with van der Waals surface area (Å²) in [7, 11) is 3.26. The van der Waals surface area contributed by atoms with Gasteiger partial charge in [0, 0.05) is 23.7 Å². The van der Waals surface area contributed by atoms with Crippen LogP contribution < -0.4 is 9.47 Å². The molecule has 0 spiro atoms. The Hall–Kier alpha value is -3.12. The van der Waals surface area contributed by atoms with Crippen LogP contribution in [0.15, 0.2) is 54.7 Å². The maximum Gasteiger partial charge on any atom is 0.307 e. The molecule has 6 nitrogen and oxygen atoms in total. The number of carboxylic acids is 1. The minimum atomic E-state index is -0.740. The zero-order valence-electron chi connectivity index (χ0n) is 17.2. The summed E-state index contributed by atoms with van der Waals surface area (Å²) in [6, 6.07) is 15.7. The first-order valence-corrected chi connectivity index (χ1v) is 10.2. The Bertz CT molecular complexity index is 1050. The second kappa shape index (κ2) is 8.71. The van der Waals surface area contributed by atoms with Crippen LogP contribution in [0.1, 0.15) is 30.0 Å². The molecule has 1 fully saturated rings. The molecule has 4 rings (SSSR count). The number of nitrogens with zero attached hydrogens (tertiary/aromatic N) is 2. The van der Waals surface area contributed by atoms with Crippen molar-refractivity contribution < 1.29 is 19.4 Å². The molecule has 0 radical (unpaired) electrons. The molecule has 2 aromatic carbocycles. The monoisotopic (exact) mass is 406 g/mol. The normalized spacial score (nSPS) is 18.1. The molecular weight excluding hydrogens is 380 g/mol. The average molecular weight is 406 g/mol. The largest absolute Gasteiger partial charge is 0.493 e. The highest BCUT2D eigenvalue weighted by Crippen LogP contribution is 2.43. The molecule has 2 unspecified atom stereocenters. The second-order valence-electron chi connectivity index (χ2n) is 7.57. The molecule has 0 amide bonds. The van der Waals surface area contributed by atoms with E-state index in [9.17, 15) is 9.90 Å². The Labute approximate surface area is 176 Å². The summed E-state index contributed by atoms with van der Waals surface area (Å²) in [6.45, 7) is 1.29. The highest BCUT2D eigenvalue weighted by molar-refractivity contribution is 5.83. The zero-order valence-corrected chi connectivity index (χ0v) is 17.2. The van der Waals surface area contributed by atoms with Gasteiger partial charge in [-0.1, -0.05) is 30.3 Å². The quantitative estimate of drug-likeness (QED) is 0.663. The van der Waals surface area contributed by atoms with Gasteiger partial charge in [0.05, 0.1) is 31.7 Å². The van der Waals surface area contributed by atoms with Gasteiger partial charge in [0.1, 0.15) is 0 Å². The van der Waals surface area contributed by atoms with Crippen molar-refractivity contribution >= 4 is 16.9 Å². The van der Waals surface area contributed by atoms with Gasteiger partial charge < -0.3 is 14.6 Å². The molecule has 2 atom stereocenters. The van der Waals surface area contributed by atoms with Crippen LogP contribution in [-0.2, 0) is 4.79 Å². The number of aromatic nitrogens is 1. The first-order valence-electron chi connectivity index (χ1n) is 10.2. The number of hydrogen-bond acceptors (Lipinski definition) is 5. The summed E-state index contributed by atoms with van der Waals surface area (Å²) in [5, 5.41) is 10.7. The summed E-state index contributed by atoms with van der Waals surface area (Å²) in [5.41, 5.74) is 2.95.